The van der Waals surface area contributed by atoms with Crippen LogP contribution in [0.4, 0.5) is 26.3 Å². The number of alkyl halides is 6. The molecule has 0 spiro atoms. The van der Waals surface area contributed by atoms with Gasteiger partial charge in [0.15, 0.2) is 0 Å². The fourth-order valence-electron chi connectivity index (χ4n) is 1.90. The Bertz CT molecular complexity index is 223. The molecule has 0 aromatic heterocycles. The van der Waals surface area contributed by atoms with Crippen LogP contribution in [0.2, 0.25) is 0 Å². The predicted octanol–water partition coefficient (Wildman–Crippen LogP) is 3.38. The van der Waals surface area contributed by atoms with Crippen molar-refractivity contribution >= 4 is 0 Å². The van der Waals surface area contributed by atoms with Crippen molar-refractivity contribution in [3.05, 3.63) is 5.92 Å². The second-order valence-corrected chi connectivity index (χ2v) is 3.87. The second kappa shape index (κ2) is 4.09. The van der Waals surface area contributed by atoms with Gasteiger partial charge in [0.2, 0.25) is 0 Å². The number of hydrogen-bond acceptors (Lipinski definition) is 1. The van der Waals surface area contributed by atoms with E-state index in [1.54, 1.807) is 0 Å². The van der Waals surface area contributed by atoms with Gasteiger partial charge in [-0.3, -0.25) is 0 Å². The SMILES string of the molecule is OC([C]1CCCCC1)(C(F)(F)F)C(F)(F)F. The first-order valence-electron chi connectivity index (χ1n) is 4.81. The molecule has 7 heteroatoms. The van der Waals surface area contributed by atoms with Crippen LogP contribution in [0.5, 0.6) is 0 Å². The Morgan fingerprint density at radius 1 is 0.750 bits per heavy atom. The van der Waals surface area contributed by atoms with Crippen molar-refractivity contribution < 1.29 is 31.4 Å². The Balaban J connectivity index is 3.04. The lowest BCUT2D eigenvalue weighted by atomic mass is 9.76. The summed E-state index contributed by atoms with van der Waals surface area (Å²) in [6.07, 6.45) is -11.0. The zero-order chi connectivity index (χ0) is 12.6. The third kappa shape index (κ3) is 2.14. The van der Waals surface area contributed by atoms with E-state index in [9.17, 15) is 26.3 Å². The average Bonchev–Trinajstić information content (AvgIpc) is 2.14. The van der Waals surface area contributed by atoms with Crippen LogP contribution in [0.15, 0.2) is 0 Å². The van der Waals surface area contributed by atoms with Gasteiger partial charge in [-0.05, 0) is 12.8 Å². The van der Waals surface area contributed by atoms with Crippen molar-refractivity contribution in [2.45, 2.75) is 50.1 Å². The molecular weight excluding hydrogens is 238 g/mol. The molecule has 0 atom stereocenters. The van der Waals surface area contributed by atoms with E-state index in [1.165, 1.54) is 0 Å². The van der Waals surface area contributed by atoms with Crippen LogP contribution in [0.3, 0.4) is 0 Å². The Labute approximate surface area is 88.4 Å². The van der Waals surface area contributed by atoms with Gasteiger partial charge >= 0.3 is 12.4 Å². The lowest BCUT2D eigenvalue weighted by molar-refractivity contribution is -0.362. The highest BCUT2D eigenvalue weighted by atomic mass is 19.4. The first kappa shape index (κ1) is 13.6. The van der Waals surface area contributed by atoms with Gasteiger partial charge in [0.05, 0.1) is 0 Å². The van der Waals surface area contributed by atoms with E-state index in [0.29, 0.717) is 6.42 Å². The van der Waals surface area contributed by atoms with E-state index in [1.807, 2.05) is 0 Å². The summed E-state index contributed by atoms with van der Waals surface area (Å²) in [4.78, 5) is 0. The molecule has 1 N–H and O–H groups in total. The van der Waals surface area contributed by atoms with E-state index in [2.05, 4.69) is 0 Å². The van der Waals surface area contributed by atoms with E-state index in [4.69, 9.17) is 5.11 Å². The fourth-order valence-corrected chi connectivity index (χ4v) is 1.90. The van der Waals surface area contributed by atoms with Gasteiger partial charge in [-0.1, -0.05) is 19.3 Å². The largest absolute Gasteiger partial charge is 0.426 e. The number of aliphatic hydroxyl groups is 1. The normalized spacial score (nSPS) is 21.2. The van der Waals surface area contributed by atoms with Crippen molar-refractivity contribution in [1.82, 2.24) is 0 Å². The Morgan fingerprint density at radius 3 is 1.44 bits per heavy atom. The molecular formula is C9H11F6O. The van der Waals surface area contributed by atoms with Crippen molar-refractivity contribution in [2.75, 3.05) is 0 Å². The van der Waals surface area contributed by atoms with Crippen LogP contribution < -0.4 is 0 Å². The van der Waals surface area contributed by atoms with Crippen LogP contribution in [-0.2, 0) is 0 Å². The minimum Gasteiger partial charge on any atom is -0.373 e. The summed E-state index contributed by atoms with van der Waals surface area (Å²) in [6.45, 7) is 0. The van der Waals surface area contributed by atoms with Gasteiger partial charge in [0, 0.05) is 5.92 Å². The molecule has 0 aromatic rings. The van der Waals surface area contributed by atoms with Crippen LogP contribution >= 0.6 is 0 Å². The van der Waals surface area contributed by atoms with Crippen LogP contribution in [-0.4, -0.2) is 23.1 Å². The molecule has 1 aliphatic carbocycles. The fraction of sp³-hybridized carbons (Fsp3) is 0.889. The van der Waals surface area contributed by atoms with Gasteiger partial charge in [-0.25, -0.2) is 0 Å². The molecule has 0 aromatic carbocycles. The first-order valence-corrected chi connectivity index (χ1v) is 4.81. The molecule has 95 valence electrons. The predicted molar refractivity (Wildman–Crippen MR) is 43.4 cm³/mol. The quantitative estimate of drug-likeness (QED) is 0.706. The molecule has 0 unspecified atom stereocenters. The summed E-state index contributed by atoms with van der Waals surface area (Å²) in [6, 6.07) is 0. The number of halogens is 6. The van der Waals surface area contributed by atoms with Crippen LogP contribution in [0, 0.1) is 5.92 Å². The maximum absolute atomic E-state index is 12.4. The summed E-state index contributed by atoms with van der Waals surface area (Å²) in [5.74, 6) is -0.862. The van der Waals surface area contributed by atoms with Crippen molar-refractivity contribution in [2.24, 2.45) is 0 Å². The highest BCUT2D eigenvalue weighted by molar-refractivity contribution is 5.17. The van der Waals surface area contributed by atoms with Crippen molar-refractivity contribution in [1.29, 1.82) is 0 Å². The molecule has 0 bridgehead atoms. The van der Waals surface area contributed by atoms with Gasteiger partial charge in [-0.15, -0.1) is 0 Å². The van der Waals surface area contributed by atoms with E-state index in [0.717, 1.165) is 0 Å². The Kier molecular flexibility index (Phi) is 3.47. The van der Waals surface area contributed by atoms with Gasteiger partial charge in [0.1, 0.15) is 0 Å². The summed E-state index contributed by atoms with van der Waals surface area (Å²) < 4.78 is 74.4. The zero-order valence-electron chi connectivity index (χ0n) is 8.25. The lowest BCUT2D eigenvalue weighted by Gasteiger charge is -2.39. The minimum atomic E-state index is -5.71. The highest BCUT2D eigenvalue weighted by Gasteiger charge is 2.73. The minimum absolute atomic E-state index is 0.254. The maximum atomic E-state index is 12.4. The van der Waals surface area contributed by atoms with Gasteiger partial charge in [0.25, 0.3) is 5.60 Å². The van der Waals surface area contributed by atoms with Gasteiger partial charge in [-0.2, -0.15) is 26.3 Å². The first-order chi connectivity index (χ1) is 7.11. The van der Waals surface area contributed by atoms with E-state index in [-0.39, 0.29) is 25.7 Å². The molecule has 1 aliphatic rings. The van der Waals surface area contributed by atoms with Crippen LogP contribution in [0.1, 0.15) is 32.1 Å². The van der Waals surface area contributed by atoms with Gasteiger partial charge < -0.3 is 5.11 Å². The molecule has 0 aliphatic heterocycles. The van der Waals surface area contributed by atoms with E-state index < -0.39 is 23.9 Å². The van der Waals surface area contributed by atoms with E-state index >= 15 is 0 Å². The highest BCUT2D eigenvalue weighted by Crippen LogP contribution is 2.52. The molecule has 0 amide bonds. The average molecular weight is 249 g/mol. The molecule has 1 rings (SSSR count). The summed E-state index contributed by atoms with van der Waals surface area (Å²) in [5, 5.41) is 9.02. The summed E-state index contributed by atoms with van der Waals surface area (Å²) in [7, 11) is 0. The number of hydrogen-bond donors (Lipinski definition) is 1. The molecule has 0 saturated heterocycles. The lowest BCUT2D eigenvalue weighted by Crippen LogP contribution is -2.61. The summed E-state index contributed by atoms with van der Waals surface area (Å²) >= 11 is 0. The molecule has 1 radical (unpaired) electrons. The maximum Gasteiger partial charge on any atom is 0.426 e. The second-order valence-electron chi connectivity index (χ2n) is 3.87. The standard InChI is InChI=1S/C9H11F6O/c10-8(11,12)7(16,9(13,14)15)6-4-2-1-3-5-6/h16H,1-5H2. The molecule has 1 saturated carbocycles. The topological polar surface area (TPSA) is 20.2 Å². The third-order valence-corrected chi connectivity index (χ3v) is 2.79. The third-order valence-electron chi connectivity index (χ3n) is 2.79. The molecule has 1 fully saturated rings. The summed E-state index contributed by atoms with van der Waals surface area (Å²) in [5.41, 5.74) is -4.64. The Morgan fingerprint density at radius 2 is 1.12 bits per heavy atom. The van der Waals surface area contributed by atoms with Crippen LogP contribution in [0.25, 0.3) is 0 Å². The molecule has 16 heavy (non-hydrogen) atoms. The molecule has 1 nitrogen and oxygen atoms in total. The molecule has 0 heterocycles. The zero-order valence-corrected chi connectivity index (χ0v) is 8.25. The Hall–Kier alpha value is -0.460. The van der Waals surface area contributed by atoms with Crippen molar-refractivity contribution in [3.63, 3.8) is 0 Å². The smallest absolute Gasteiger partial charge is 0.373 e. The monoisotopic (exact) mass is 249 g/mol. The number of rotatable bonds is 1. The van der Waals surface area contributed by atoms with Crippen molar-refractivity contribution in [3.8, 4) is 0 Å².